The number of anilines is 1. The largest absolute Gasteiger partial charge is 0.480 e. The summed E-state index contributed by atoms with van der Waals surface area (Å²) in [4.78, 5) is 11.2. The van der Waals surface area contributed by atoms with Crippen molar-refractivity contribution < 1.29 is 9.90 Å². The number of rotatable bonds is 5. The fourth-order valence-corrected chi connectivity index (χ4v) is 1.79. The highest BCUT2D eigenvalue weighted by Gasteiger charge is 2.17. The van der Waals surface area contributed by atoms with E-state index in [1.807, 2.05) is 60.7 Å². The van der Waals surface area contributed by atoms with Crippen LogP contribution < -0.4 is 5.32 Å². The maximum atomic E-state index is 11.2. The van der Waals surface area contributed by atoms with Crippen LogP contribution in [0.2, 0.25) is 0 Å². The van der Waals surface area contributed by atoms with Gasteiger partial charge in [-0.15, -0.1) is 0 Å². The molecule has 0 fully saturated rings. The zero-order valence-corrected chi connectivity index (χ0v) is 9.91. The van der Waals surface area contributed by atoms with Crippen molar-refractivity contribution >= 4 is 11.7 Å². The summed E-state index contributed by atoms with van der Waals surface area (Å²) < 4.78 is 0. The summed E-state index contributed by atoms with van der Waals surface area (Å²) in [6.45, 7) is 0. The first-order valence-corrected chi connectivity index (χ1v) is 5.84. The molecule has 18 heavy (non-hydrogen) atoms. The van der Waals surface area contributed by atoms with E-state index in [4.69, 9.17) is 0 Å². The van der Waals surface area contributed by atoms with Crippen molar-refractivity contribution in [3.63, 3.8) is 0 Å². The fourth-order valence-electron chi connectivity index (χ4n) is 1.79. The number of carboxylic acid groups (broad SMARTS) is 1. The molecule has 2 aromatic carbocycles. The van der Waals surface area contributed by atoms with E-state index in [9.17, 15) is 9.90 Å². The minimum atomic E-state index is -0.845. The number of aliphatic carboxylic acids is 1. The highest BCUT2D eigenvalue weighted by atomic mass is 16.4. The molecule has 2 N–H and O–H groups in total. The standard InChI is InChI=1S/C15H15NO2/c17-15(18)14(11-12-7-3-1-4-8-12)16-13-9-5-2-6-10-13/h1-10,14,16H,11H2,(H,17,18). The molecule has 0 radical (unpaired) electrons. The van der Waals surface area contributed by atoms with Crippen LogP contribution in [0.3, 0.4) is 0 Å². The van der Waals surface area contributed by atoms with Crippen LogP contribution in [-0.4, -0.2) is 17.1 Å². The predicted molar refractivity (Wildman–Crippen MR) is 71.6 cm³/mol. The van der Waals surface area contributed by atoms with Crippen LogP contribution in [0.4, 0.5) is 5.69 Å². The molecule has 0 aromatic heterocycles. The summed E-state index contributed by atoms with van der Waals surface area (Å²) >= 11 is 0. The van der Waals surface area contributed by atoms with Gasteiger partial charge >= 0.3 is 5.97 Å². The third kappa shape index (κ3) is 3.35. The molecular weight excluding hydrogens is 226 g/mol. The molecule has 0 heterocycles. The number of hydrogen-bond acceptors (Lipinski definition) is 2. The van der Waals surface area contributed by atoms with Gasteiger partial charge in [0.25, 0.3) is 0 Å². The van der Waals surface area contributed by atoms with Crippen molar-refractivity contribution in [3.05, 3.63) is 66.2 Å². The Morgan fingerprint density at radius 1 is 1.00 bits per heavy atom. The summed E-state index contributed by atoms with van der Waals surface area (Å²) in [7, 11) is 0. The average molecular weight is 241 g/mol. The molecule has 0 saturated heterocycles. The molecule has 0 bridgehead atoms. The Hall–Kier alpha value is -2.29. The van der Waals surface area contributed by atoms with Crippen molar-refractivity contribution in [1.82, 2.24) is 0 Å². The highest BCUT2D eigenvalue weighted by Crippen LogP contribution is 2.11. The Morgan fingerprint density at radius 3 is 2.11 bits per heavy atom. The van der Waals surface area contributed by atoms with Crippen LogP contribution in [0.25, 0.3) is 0 Å². The van der Waals surface area contributed by atoms with Gasteiger partial charge in [-0.1, -0.05) is 48.5 Å². The van der Waals surface area contributed by atoms with Crippen LogP contribution in [0.15, 0.2) is 60.7 Å². The number of nitrogens with one attached hydrogen (secondary N) is 1. The Bertz CT molecular complexity index is 455. The number of carbonyl (C=O) groups is 1. The Labute approximate surface area is 106 Å². The van der Waals surface area contributed by atoms with Crippen molar-refractivity contribution in [2.24, 2.45) is 0 Å². The minimum absolute atomic E-state index is 0.463. The summed E-state index contributed by atoms with van der Waals surface area (Å²) in [5.74, 6) is -0.845. The van der Waals surface area contributed by atoms with Crippen molar-refractivity contribution in [1.29, 1.82) is 0 Å². The van der Waals surface area contributed by atoms with E-state index >= 15 is 0 Å². The van der Waals surface area contributed by atoms with Crippen molar-refractivity contribution in [2.45, 2.75) is 12.5 Å². The normalized spacial score (nSPS) is 11.8. The molecule has 1 unspecified atom stereocenters. The second-order valence-electron chi connectivity index (χ2n) is 4.09. The lowest BCUT2D eigenvalue weighted by atomic mass is 10.1. The van der Waals surface area contributed by atoms with E-state index < -0.39 is 12.0 Å². The van der Waals surface area contributed by atoms with E-state index in [2.05, 4.69) is 5.32 Å². The third-order valence-electron chi connectivity index (χ3n) is 2.70. The molecule has 2 aromatic rings. The maximum Gasteiger partial charge on any atom is 0.326 e. The lowest BCUT2D eigenvalue weighted by molar-refractivity contribution is -0.137. The van der Waals surface area contributed by atoms with E-state index in [1.165, 1.54) is 0 Å². The smallest absolute Gasteiger partial charge is 0.326 e. The first-order chi connectivity index (χ1) is 8.75. The molecule has 1 atom stereocenters. The second-order valence-corrected chi connectivity index (χ2v) is 4.09. The van der Waals surface area contributed by atoms with E-state index in [1.54, 1.807) is 0 Å². The summed E-state index contributed by atoms with van der Waals surface area (Å²) in [5, 5.41) is 12.3. The molecule has 2 rings (SSSR count). The zero-order valence-electron chi connectivity index (χ0n) is 9.91. The highest BCUT2D eigenvalue weighted by molar-refractivity contribution is 5.77. The fraction of sp³-hybridized carbons (Fsp3) is 0.133. The lowest BCUT2D eigenvalue weighted by Gasteiger charge is -2.15. The molecule has 92 valence electrons. The van der Waals surface area contributed by atoms with Gasteiger partial charge in [0.1, 0.15) is 6.04 Å². The van der Waals surface area contributed by atoms with E-state index in [0.29, 0.717) is 6.42 Å². The molecule has 0 spiro atoms. The monoisotopic (exact) mass is 241 g/mol. The number of carboxylic acids is 1. The van der Waals surface area contributed by atoms with Gasteiger partial charge in [0.05, 0.1) is 0 Å². The molecular formula is C15H15NO2. The van der Waals surface area contributed by atoms with E-state index in [0.717, 1.165) is 11.3 Å². The molecule has 0 saturated carbocycles. The summed E-state index contributed by atoms with van der Waals surface area (Å²) in [6.07, 6.45) is 0.463. The van der Waals surface area contributed by atoms with Crippen LogP contribution in [0.1, 0.15) is 5.56 Å². The van der Waals surface area contributed by atoms with Crippen LogP contribution >= 0.6 is 0 Å². The van der Waals surface area contributed by atoms with Crippen LogP contribution in [0, 0.1) is 0 Å². The number of benzene rings is 2. The van der Waals surface area contributed by atoms with Gasteiger partial charge in [-0.25, -0.2) is 4.79 Å². The first kappa shape index (κ1) is 12.2. The molecule has 3 heteroatoms. The van der Waals surface area contributed by atoms with Crippen LogP contribution in [-0.2, 0) is 11.2 Å². The topological polar surface area (TPSA) is 49.3 Å². The number of hydrogen-bond donors (Lipinski definition) is 2. The molecule has 0 amide bonds. The number of para-hydroxylation sites is 1. The van der Waals surface area contributed by atoms with E-state index in [-0.39, 0.29) is 0 Å². The minimum Gasteiger partial charge on any atom is -0.480 e. The van der Waals surface area contributed by atoms with Gasteiger partial charge in [-0.05, 0) is 17.7 Å². The SMILES string of the molecule is O=C(O)C(Cc1ccccc1)Nc1ccccc1. The van der Waals surface area contributed by atoms with Gasteiger partial charge in [0, 0.05) is 12.1 Å². The molecule has 0 aliphatic heterocycles. The first-order valence-electron chi connectivity index (χ1n) is 5.84. The molecule has 0 aliphatic carbocycles. The predicted octanol–water partition coefficient (Wildman–Crippen LogP) is 2.79. The molecule has 3 nitrogen and oxygen atoms in total. The van der Waals surface area contributed by atoms with Gasteiger partial charge in [-0.2, -0.15) is 0 Å². The zero-order chi connectivity index (χ0) is 12.8. The second kappa shape index (κ2) is 5.87. The maximum absolute atomic E-state index is 11.2. The van der Waals surface area contributed by atoms with Gasteiger partial charge in [0.15, 0.2) is 0 Å². The Kier molecular flexibility index (Phi) is 3.97. The Morgan fingerprint density at radius 2 is 1.56 bits per heavy atom. The lowest BCUT2D eigenvalue weighted by Crippen LogP contribution is -2.31. The molecule has 0 aliphatic rings. The summed E-state index contributed by atoms with van der Waals surface area (Å²) in [5.41, 5.74) is 1.83. The third-order valence-corrected chi connectivity index (χ3v) is 2.70. The van der Waals surface area contributed by atoms with Crippen molar-refractivity contribution in [2.75, 3.05) is 5.32 Å². The van der Waals surface area contributed by atoms with Crippen molar-refractivity contribution in [3.8, 4) is 0 Å². The average Bonchev–Trinajstić information content (AvgIpc) is 2.40. The quantitative estimate of drug-likeness (QED) is 0.846. The Balaban J connectivity index is 2.08. The summed E-state index contributed by atoms with van der Waals surface area (Å²) in [6, 6.07) is 18.4. The van der Waals surface area contributed by atoms with Gasteiger partial charge < -0.3 is 10.4 Å². The van der Waals surface area contributed by atoms with Crippen LogP contribution in [0.5, 0.6) is 0 Å². The van der Waals surface area contributed by atoms with Gasteiger partial charge in [-0.3, -0.25) is 0 Å². The van der Waals surface area contributed by atoms with Gasteiger partial charge in [0.2, 0.25) is 0 Å².